The van der Waals surface area contributed by atoms with Crippen LogP contribution in [0.15, 0.2) is 59.8 Å². The van der Waals surface area contributed by atoms with E-state index in [0.717, 1.165) is 37.7 Å². The Morgan fingerprint density at radius 3 is 2.47 bits per heavy atom. The van der Waals surface area contributed by atoms with Crippen LogP contribution in [0.25, 0.3) is 0 Å². The summed E-state index contributed by atoms with van der Waals surface area (Å²) in [5, 5.41) is 14.9. The van der Waals surface area contributed by atoms with Gasteiger partial charge in [0.05, 0.1) is 25.0 Å². The number of carbonyl (C=O) groups is 2. The molecule has 1 saturated heterocycles. The summed E-state index contributed by atoms with van der Waals surface area (Å²) in [4.78, 5) is 27.1. The average Bonchev–Trinajstić information content (AvgIpc) is 3.24. The molecular formula is C24H28N6O3S. The number of carbonyl (C=O) groups excluding carboxylic acids is 2. The first kappa shape index (κ1) is 23.8. The van der Waals surface area contributed by atoms with Gasteiger partial charge in [0, 0.05) is 37.1 Å². The van der Waals surface area contributed by atoms with Crippen molar-refractivity contribution >= 4 is 35.0 Å². The molecule has 34 heavy (non-hydrogen) atoms. The summed E-state index contributed by atoms with van der Waals surface area (Å²) in [6.45, 7) is 5.06. The van der Waals surface area contributed by atoms with Crippen molar-refractivity contribution < 1.29 is 14.3 Å². The van der Waals surface area contributed by atoms with Crippen molar-refractivity contribution in [2.24, 2.45) is 7.05 Å². The van der Waals surface area contributed by atoms with Crippen LogP contribution in [0.5, 0.6) is 0 Å². The van der Waals surface area contributed by atoms with Crippen molar-refractivity contribution in [3.05, 3.63) is 66.0 Å². The number of hydrogen-bond donors (Lipinski definition) is 2. The molecule has 0 bridgehead atoms. The van der Waals surface area contributed by atoms with Crippen molar-refractivity contribution in [1.29, 1.82) is 0 Å². The van der Waals surface area contributed by atoms with Crippen LogP contribution in [0.4, 0.5) is 11.4 Å². The predicted octanol–water partition coefficient (Wildman–Crippen LogP) is 2.87. The molecule has 1 atom stereocenters. The van der Waals surface area contributed by atoms with Gasteiger partial charge in [-0.3, -0.25) is 9.59 Å². The molecule has 4 rings (SSSR count). The molecule has 3 aromatic rings. The van der Waals surface area contributed by atoms with E-state index in [-0.39, 0.29) is 23.6 Å². The van der Waals surface area contributed by atoms with Crippen molar-refractivity contribution in [2.75, 3.05) is 42.3 Å². The minimum atomic E-state index is -0.335. The largest absolute Gasteiger partial charge is 0.378 e. The zero-order valence-electron chi connectivity index (χ0n) is 19.2. The maximum Gasteiger partial charge on any atom is 0.251 e. The molecule has 2 N–H and O–H groups in total. The van der Waals surface area contributed by atoms with Crippen LogP contribution >= 0.6 is 11.8 Å². The number of nitrogens with one attached hydrogen (secondary N) is 2. The van der Waals surface area contributed by atoms with E-state index in [1.807, 2.05) is 56.4 Å². The van der Waals surface area contributed by atoms with Gasteiger partial charge in [0.15, 0.2) is 11.0 Å². The van der Waals surface area contributed by atoms with E-state index in [4.69, 9.17) is 4.74 Å². The molecule has 2 amide bonds. The standard InChI is InChI=1S/C24H28N6O3S/c1-17(25-23(32)18-6-4-3-5-7-18)22-27-28-24(29(22)2)34-16-21(31)26-19-8-10-20(11-9-19)30-12-14-33-15-13-30/h3-11,17H,12-16H2,1-2H3,(H,25,32)(H,26,31)/t17-/m1/s1. The van der Waals surface area contributed by atoms with Crippen LogP contribution in [0.1, 0.15) is 29.1 Å². The summed E-state index contributed by atoms with van der Waals surface area (Å²) >= 11 is 1.30. The van der Waals surface area contributed by atoms with Gasteiger partial charge in [-0.15, -0.1) is 10.2 Å². The fourth-order valence-corrected chi connectivity index (χ4v) is 4.39. The topological polar surface area (TPSA) is 101 Å². The second kappa shape index (κ2) is 11.2. The summed E-state index contributed by atoms with van der Waals surface area (Å²) in [6.07, 6.45) is 0. The summed E-state index contributed by atoms with van der Waals surface area (Å²) in [7, 11) is 1.82. The number of rotatable bonds is 8. The molecule has 2 heterocycles. The number of hydrogen-bond acceptors (Lipinski definition) is 7. The van der Waals surface area contributed by atoms with Crippen LogP contribution < -0.4 is 15.5 Å². The van der Waals surface area contributed by atoms with E-state index in [9.17, 15) is 9.59 Å². The van der Waals surface area contributed by atoms with E-state index < -0.39 is 0 Å². The number of benzene rings is 2. The number of thioether (sulfide) groups is 1. The molecule has 1 aromatic heterocycles. The molecule has 9 nitrogen and oxygen atoms in total. The zero-order valence-corrected chi connectivity index (χ0v) is 20.0. The van der Waals surface area contributed by atoms with E-state index in [2.05, 4.69) is 25.7 Å². The van der Waals surface area contributed by atoms with Gasteiger partial charge < -0.3 is 24.8 Å². The van der Waals surface area contributed by atoms with Crippen LogP contribution in [0.2, 0.25) is 0 Å². The highest BCUT2D eigenvalue weighted by atomic mass is 32.2. The second-order valence-electron chi connectivity index (χ2n) is 7.94. The zero-order chi connectivity index (χ0) is 23.9. The number of anilines is 2. The Bertz CT molecular complexity index is 1110. The first-order valence-corrected chi connectivity index (χ1v) is 12.1. The molecule has 1 aliphatic heterocycles. The van der Waals surface area contributed by atoms with E-state index in [1.165, 1.54) is 11.8 Å². The van der Waals surface area contributed by atoms with Crippen LogP contribution in [-0.4, -0.2) is 58.6 Å². The van der Waals surface area contributed by atoms with Gasteiger partial charge in [-0.1, -0.05) is 30.0 Å². The Hall–Kier alpha value is -3.37. The smallest absolute Gasteiger partial charge is 0.251 e. The lowest BCUT2D eigenvalue weighted by atomic mass is 10.2. The molecule has 0 unspecified atom stereocenters. The highest BCUT2D eigenvalue weighted by Crippen LogP contribution is 2.21. The Morgan fingerprint density at radius 2 is 1.76 bits per heavy atom. The average molecular weight is 481 g/mol. The van der Waals surface area contributed by atoms with Gasteiger partial charge in [-0.05, 0) is 43.3 Å². The van der Waals surface area contributed by atoms with Crippen LogP contribution in [0, 0.1) is 0 Å². The molecule has 10 heteroatoms. The SMILES string of the molecule is C[C@@H](NC(=O)c1ccccc1)c1nnc(SCC(=O)Nc2ccc(N3CCOCC3)cc2)n1C. The predicted molar refractivity (Wildman–Crippen MR) is 132 cm³/mol. The number of nitrogens with zero attached hydrogens (tertiary/aromatic N) is 4. The fraction of sp³-hybridized carbons (Fsp3) is 0.333. The van der Waals surface area contributed by atoms with E-state index >= 15 is 0 Å². The number of amides is 2. The molecule has 178 valence electrons. The molecule has 1 aliphatic rings. The van der Waals surface area contributed by atoms with Gasteiger partial charge >= 0.3 is 0 Å². The van der Waals surface area contributed by atoms with Crippen molar-refractivity contribution in [2.45, 2.75) is 18.1 Å². The lowest BCUT2D eigenvalue weighted by Crippen LogP contribution is -2.36. The second-order valence-corrected chi connectivity index (χ2v) is 8.89. The quantitative estimate of drug-likeness (QED) is 0.478. The maximum absolute atomic E-state index is 12.5. The van der Waals surface area contributed by atoms with Crippen molar-refractivity contribution in [1.82, 2.24) is 20.1 Å². The molecule has 0 spiro atoms. The highest BCUT2D eigenvalue weighted by Gasteiger charge is 2.19. The first-order chi connectivity index (χ1) is 16.5. The molecule has 2 aromatic carbocycles. The monoisotopic (exact) mass is 480 g/mol. The number of morpholine rings is 1. The van der Waals surface area contributed by atoms with Crippen LogP contribution in [0.3, 0.4) is 0 Å². The maximum atomic E-state index is 12.5. The van der Waals surface area contributed by atoms with Crippen molar-refractivity contribution in [3.8, 4) is 0 Å². The Balaban J connectivity index is 1.28. The van der Waals surface area contributed by atoms with E-state index in [0.29, 0.717) is 16.5 Å². The lowest BCUT2D eigenvalue weighted by Gasteiger charge is -2.28. The molecular weight excluding hydrogens is 452 g/mol. The van der Waals surface area contributed by atoms with E-state index in [1.54, 1.807) is 16.7 Å². The third-order valence-corrected chi connectivity index (χ3v) is 6.52. The fourth-order valence-electron chi connectivity index (χ4n) is 3.67. The number of ether oxygens (including phenoxy) is 1. The Morgan fingerprint density at radius 1 is 1.06 bits per heavy atom. The molecule has 0 saturated carbocycles. The molecule has 1 fully saturated rings. The lowest BCUT2D eigenvalue weighted by molar-refractivity contribution is -0.113. The normalized spacial score (nSPS) is 14.5. The Labute approximate surface area is 202 Å². The highest BCUT2D eigenvalue weighted by molar-refractivity contribution is 7.99. The van der Waals surface area contributed by atoms with Crippen molar-refractivity contribution in [3.63, 3.8) is 0 Å². The summed E-state index contributed by atoms with van der Waals surface area (Å²) in [5.41, 5.74) is 2.45. The first-order valence-electron chi connectivity index (χ1n) is 11.1. The van der Waals surface area contributed by atoms with Gasteiger partial charge in [0.2, 0.25) is 5.91 Å². The van der Waals surface area contributed by atoms with Gasteiger partial charge in [0.1, 0.15) is 0 Å². The number of aromatic nitrogens is 3. The third-order valence-electron chi connectivity index (χ3n) is 5.50. The summed E-state index contributed by atoms with van der Waals surface area (Å²) < 4.78 is 7.18. The minimum absolute atomic E-state index is 0.126. The van der Waals surface area contributed by atoms with Gasteiger partial charge in [-0.2, -0.15) is 0 Å². The molecule has 0 aliphatic carbocycles. The van der Waals surface area contributed by atoms with Gasteiger partial charge in [0.25, 0.3) is 5.91 Å². The Kier molecular flexibility index (Phi) is 7.81. The van der Waals surface area contributed by atoms with Gasteiger partial charge in [-0.25, -0.2) is 0 Å². The van der Waals surface area contributed by atoms with Crippen LogP contribution in [-0.2, 0) is 16.6 Å². The molecule has 0 radical (unpaired) electrons. The minimum Gasteiger partial charge on any atom is -0.378 e. The summed E-state index contributed by atoms with van der Waals surface area (Å²) in [5.74, 6) is 0.511. The summed E-state index contributed by atoms with van der Waals surface area (Å²) in [6, 6.07) is 16.5. The third kappa shape index (κ3) is 5.95.